The molecule has 0 bridgehead atoms. The highest BCUT2D eigenvalue weighted by Gasteiger charge is 2.32. The predicted octanol–water partition coefficient (Wildman–Crippen LogP) is 3.30. The molecule has 0 aliphatic heterocycles. The third-order valence-electron chi connectivity index (χ3n) is 3.42. The molecule has 0 aromatic carbocycles. The van der Waals surface area contributed by atoms with Gasteiger partial charge in [-0.25, -0.2) is 0 Å². The van der Waals surface area contributed by atoms with E-state index >= 15 is 0 Å². The zero-order chi connectivity index (χ0) is 10.2. The van der Waals surface area contributed by atoms with Crippen molar-refractivity contribution in [1.29, 1.82) is 0 Å². The Hall–Kier alpha value is -0.570. The number of nitrogens with zero attached hydrogens (tertiary/aromatic N) is 1. The van der Waals surface area contributed by atoms with E-state index in [-0.39, 0.29) is 0 Å². The third kappa shape index (κ3) is 1.65. The Labute approximate surface area is 90.3 Å². The number of H-pyrrole nitrogens is 1. The Morgan fingerprint density at radius 3 is 2.79 bits per heavy atom. The molecule has 1 fully saturated rings. The lowest BCUT2D eigenvalue weighted by Crippen LogP contribution is -2.31. The average molecular weight is 210 g/mol. The van der Waals surface area contributed by atoms with E-state index in [0.717, 1.165) is 17.7 Å². The van der Waals surface area contributed by atoms with Crippen LogP contribution in [0.1, 0.15) is 38.8 Å². The molecule has 1 heterocycles. The van der Waals surface area contributed by atoms with E-state index in [2.05, 4.69) is 23.4 Å². The maximum absolute atomic E-state index is 5.29. The van der Waals surface area contributed by atoms with Crippen molar-refractivity contribution in [2.75, 3.05) is 0 Å². The molecule has 0 amide bonds. The van der Waals surface area contributed by atoms with E-state index in [1.807, 2.05) is 6.20 Å². The number of hydrogen-bond donors (Lipinski definition) is 1. The van der Waals surface area contributed by atoms with Crippen molar-refractivity contribution in [2.45, 2.75) is 46.1 Å². The maximum Gasteiger partial charge on any atom is 0.177 e. The van der Waals surface area contributed by atoms with Gasteiger partial charge in [0.05, 0.1) is 0 Å². The van der Waals surface area contributed by atoms with Gasteiger partial charge in [0.25, 0.3) is 0 Å². The molecule has 1 aromatic rings. The lowest BCUT2D eigenvalue weighted by Gasteiger charge is -2.39. The fourth-order valence-corrected chi connectivity index (χ4v) is 2.46. The maximum atomic E-state index is 5.29. The highest BCUT2D eigenvalue weighted by molar-refractivity contribution is 7.71. The number of aromatic nitrogens is 2. The number of aryl methyl sites for hydroxylation is 1. The minimum Gasteiger partial charge on any atom is -0.337 e. The molecule has 14 heavy (non-hydrogen) atoms. The van der Waals surface area contributed by atoms with Crippen LogP contribution in [0.4, 0.5) is 0 Å². The van der Waals surface area contributed by atoms with Gasteiger partial charge in [-0.2, -0.15) is 0 Å². The van der Waals surface area contributed by atoms with Crippen LogP contribution in [-0.2, 0) is 13.0 Å². The van der Waals surface area contributed by atoms with Gasteiger partial charge in [0.15, 0.2) is 4.77 Å². The Morgan fingerprint density at radius 2 is 2.29 bits per heavy atom. The summed E-state index contributed by atoms with van der Waals surface area (Å²) in [4.78, 5) is 3.14. The monoisotopic (exact) mass is 210 g/mol. The van der Waals surface area contributed by atoms with Crippen LogP contribution in [0.3, 0.4) is 0 Å². The summed E-state index contributed by atoms with van der Waals surface area (Å²) < 4.78 is 3.16. The van der Waals surface area contributed by atoms with Crippen LogP contribution >= 0.6 is 12.2 Å². The normalized spacial score (nSPS) is 19.3. The number of hydrogen-bond acceptors (Lipinski definition) is 1. The summed E-state index contributed by atoms with van der Waals surface area (Å²) in [5.41, 5.74) is 1.84. The van der Waals surface area contributed by atoms with Gasteiger partial charge in [0.2, 0.25) is 0 Å². The summed E-state index contributed by atoms with van der Waals surface area (Å²) in [5, 5.41) is 0. The van der Waals surface area contributed by atoms with Crippen LogP contribution in [0.25, 0.3) is 0 Å². The number of aromatic amines is 1. The molecular formula is C11H18N2S. The first kappa shape index (κ1) is 9.97. The number of imidazole rings is 1. The Kier molecular flexibility index (Phi) is 2.52. The molecule has 0 saturated heterocycles. The molecule has 0 spiro atoms. The molecule has 78 valence electrons. The molecule has 2 rings (SSSR count). The summed E-state index contributed by atoms with van der Waals surface area (Å²) in [5.74, 6) is 0. The van der Waals surface area contributed by atoms with E-state index in [4.69, 9.17) is 12.2 Å². The zero-order valence-corrected chi connectivity index (χ0v) is 9.78. The van der Waals surface area contributed by atoms with Crippen LogP contribution in [0.5, 0.6) is 0 Å². The number of nitrogens with one attached hydrogen (secondary N) is 1. The van der Waals surface area contributed by atoms with Crippen molar-refractivity contribution >= 4 is 12.2 Å². The molecule has 0 radical (unpaired) electrons. The fourth-order valence-electron chi connectivity index (χ4n) is 2.22. The predicted molar refractivity (Wildman–Crippen MR) is 61.0 cm³/mol. The van der Waals surface area contributed by atoms with Gasteiger partial charge in [0.1, 0.15) is 0 Å². The Bertz CT molecular complexity index is 371. The first-order chi connectivity index (χ1) is 6.64. The average Bonchev–Trinajstić information content (AvgIpc) is 2.45. The lowest BCUT2D eigenvalue weighted by atomic mass is 9.70. The first-order valence-corrected chi connectivity index (χ1v) is 5.82. The quantitative estimate of drug-likeness (QED) is 0.759. The third-order valence-corrected chi connectivity index (χ3v) is 3.76. The summed E-state index contributed by atoms with van der Waals surface area (Å²) in [7, 11) is 0. The van der Waals surface area contributed by atoms with E-state index in [1.165, 1.54) is 25.0 Å². The molecule has 1 aliphatic rings. The highest BCUT2D eigenvalue weighted by Crippen LogP contribution is 2.41. The van der Waals surface area contributed by atoms with Gasteiger partial charge in [0, 0.05) is 18.4 Å². The van der Waals surface area contributed by atoms with Crippen LogP contribution < -0.4 is 0 Å². The van der Waals surface area contributed by atoms with Crippen molar-refractivity contribution < 1.29 is 0 Å². The molecule has 0 atom stereocenters. The van der Waals surface area contributed by atoms with Crippen molar-refractivity contribution in [3.8, 4) is 0 Å². The van der Waals surface area contributed by atoms with E-state index < -0.39 is 0 Å². The lowest BCUT2D eigenvalue weighted by molar-refractivity contribution is 0.130. The Balaban J connectivity index is 2.22. The molecule has 1 aromatic heterocycles. The minimum absolute atomic E-state index is 0.504. The molecule has 1 N–H and O–H groups in total. The molecule has 3 heteroatoms. The standard InChI is InChI=1S/C11H18N2S/c1-3-9-7-12-10(14)13(9)8-11(2)5-4-6-11/h7H,3-6,8H2,1-2H3,(H,12,14). The van der Waals surface area contributed by atoms with Crippen LogP contribution in [0.2, 0.25) is 0 Å². The second kappa shape index (κ2) is 3.54. The summed E-state index contributed by atoms with van der Waals surface area (Å²) >= 11 is 5.29. The molecule has 1 aliphatic carbocycles. The molecule has 0 unspecified atom stereocenters. The first-order valence-electron chi connectivity index (χ1n) is 5.42. The zero-order valence-electron chi connectivity index (χ0n) is 8.97. The highest BCUT2D eigenvalue weighted by atomic mass is 32.1. The molecule has 2 nitrogen and oxygen atoms in total. The van der Waals surface area contributed by atoms with Gasteiger partial charge in [-0.3, -0.25) is 0 Å². The summed E-state index contributed by atoms with van der Waals surface area (Å²) in [6.07, 6.45) is 7.19. The smallest absolute Gasteiger partial charge is 0.177 e. The van der Waals surface area contributed by atoms with Gasteiger partial charge < -0.3 is 9.55 Å². The van der Waals surface area contributed by atoms with Crippen molar-refractivity contribution in [3.63, 3.8) is 0 Å². The Morgan fingerprint density at radius 1 is 1.57 bits per heavy atom. The SMILES string of the molecule is CCc1c[nH]c(=S)n1CC1(C)CCC1. The van der Waals surface area contributed by atoms with Crippen molar-refractivity contribution in [1.82, 2.24) is 9.55 Å². The minimum atomic E-state index is 0.504. The van der Waals surface area contributed by atoms with Crippen LogP contribution in [0.15, 0.2) is 6.20 Å². The molecular weight excluding hydrogens is 192 g/mol. The number of rotatable bonds is 3. The van der Waals surface area contributed by atoms with Gasteiger partial charge in [-0.05, 0) is 36.9 Å². The summed E-state index contributed by atoms with van der Waals surface area (Å²) in [6, 6.07) is 0. The van der Waals surface area contributed by atoms with Crippen molar-refractivity contribution in [2.24, 2.45) is 5.41 Å². The molecule has 1 saturated carbocycles. The van der Waals surface area contributed by atoms with Crippen LogP contribution in [0, 0.1) is 10.2 Å². The van der Waals surface area contributed by atoms with E-state index in [0.29, 0.717) is 5.41 Å². The second-order valence-corrected chi connectivity index (χ2v) is 5.08. The topological polar surface area (TPSA) is 20.7 Å². The van der Waals surface area contributed by atoms with Crippen LogP contribution in [-0.4, -0.2) is 9.55 Å². The largest absolute Gasteiger partial charge is 0.337 e. The summed E-state index contributed by atoms with van der Waals surface area (Å²) in [6.45, 7) is 5.64. The van der Waals surface area contributed by atoms with Gasteiger partial charge >= 0.3 is 0 Å². The van der Waals surface area contributed by atoms with Crippen molar-refractivity contribution in [3.05, 3.63) is 16.7 Å². The van der Waals surface area contributed by atoms with E-state index in [1.54, 1.807) is 0 Å². The fraction of sp³-hybridized carbons (Fsp3) is 0.727. The second-order valence-electron chi connectivity index (χ2n) is 4.69. The van der Waals surface area contributed by atoms with E-state index in [9.17, 15) is 0 Å². The van der Waals surface area contributed by atoms with Gasteiger partial charge in [-0.1, -0.05) is 20.3 Å². The van der Waals surface area contributed by atoms with Gasteiger partial charge in [-0.15, -0.1) is 0 Å².